The Bertz CT molecular complexity index is 1010. The van der Waals surface area contributed by atoms with E-state index in [0.717, 1.165) is 16.0 Å². The SMILES string of the molecule is CCOc1ccc(OCC(=O)N=c2sc3cc(F)ccc3n2CCOC)cc1. The lowest BCUT2D eigenvalue weighted by molar-refractivity contribution is -0.120. The van der Waals surface area contributed by atoms with Gasteiger partial charge in [0.15, 0.2) is 11.4 Å². The summed E-state index contributed by atoms with van der Waals surface area (Å²) in [4.78, 5) is 16.9. The molecule has 0 aliphatic carbocycles. The molecule has 3 rings (SSSR count). The first-order valence-electron chi connectivity index (χ1n) is 8.81. The first kappa shape index (κ1) is 20.0. The molecule has 0 atom stereocenters. The highest BCUT2D eigenvalue weighted by Gasteiger charge is 2.09. The average molecular weight is 404 g/mol. The van der Waals surface area contributed by atoms with Crippen LogP contribution in [0.4, 0.5) is 4.39 Å². The third kappa shape index (κ3) is 4.96. The highest BCUT2D eigenvalue weighted by atomic mass is 32.1. The number of ether oxygens (including phenoxy) is 3. The average Bonchev–Trinajstić information content (AvgIpc) is 3.02. The van der Waals surface area contributed by atoms with Crippen LogP contribution in [0.3, 0.4) is 0 Å². The Morgan fingerprint density at radius 1 is 1.14 bits per heavy atom. The summed E-state index contributed by atoms with van der Waals surface area (Å²) in [6.07, 6.45) is 0. The molecule has 28 heavy (non-hydrogen) atoms. The van der Waals surface area contributed by atoms with E-state index in [0.29, 0.717) is 30.3 Å². The number of aromatic nitrogens is 1. The van der Waals surface area contributed by atoms with E-state index in [2.05, 4.69) is 4.99 Å². The summed E-state index contributed by atoms with van der Waals surface area (Å²) in [7, 11) is 1.60. The van der Waals surface area contributed by atoms with Gasteiger partial charge in [0.1, 0.15) is 17.3 Å². The van der Waals surface area contributed by atoms with E-state index in [-0.39, 0.29) is 12.4 Å². The second kappa shape index (κ2) is 9.48. The molecule has 0 fully saturated rings. The third-order valence-corrected chi connectivity index (χ3v) is 4.92. The number of rotatable bonds is 8. The number of halogens is 1. The smallest absolute Gasteiger partial charge is 0.286 e. The van der Waals surface area contributed by atoms with Crippen molar-refractivity contribution in [3.63, 3.8) is 0 Å². The number of carbonyl (C=O) groups excluding carboxylic acids is 1. The predicted octanol–water partition coefficient (Wildman–Crippen LogP) is 3.39. The topological polar surface area (TPSA) is 62.0 Å². The van der Waals surface area contributed by atoms with Crippen LogP contribution in [0.15, 0.2) is 47.5 Å². The summed E-state index contributed by atoms with van der Waals surface area (Å²) in [6.45, 7) is 3.26. The molecular weight excluding hydrogens is 383 g/mol. The van der Waals surface area contributed by atoms with Gasteiger partial charge in [-0.15, -0.1) is 0 Å². The van der Waals surface area contributed by atoms with Crippen LogP contribution in [-0.2, 0) is 16.1 Å². The molecule has 1 aromatic heterocycles. The van der Waals surface area contributed by atoms with Crippen molar-refractivity contribution in [1.29, 1.82) is 0 Å². The molecule has 1 heterocycles. The van der Waals surface area contributed by atoms with E-state index >= 15 is 0 Å². The van der Waals surface area contributed by atoms with Crippen LogP contribution in [0.5, 0.6) is 11.5 Å². The number of carbonyl (C=O) groups is 1. The van der Waals surface area contributed by atoms with Gasteiger partial charge >= 0.3 is 0 Å². The van der Waals surface area contributed by atoms with Gasteiger partial charge in [0.25, 0.3) is 5.91 Å². The highest BCUT2D eigenvalue weighted by Crippen LogP contribution is 2.19. The Kier molecular flexibility index (Phi) is 6.78. The number of hydrogen-bond acceptors (Lipinski definition) is 5. The molecule has 2 aromatic carbocycles. The van der Waals surface area contributed by atoms with Crippen molar-refractivity contribution in [1.82, 2.24) is 4.57 Å². The minimum Gasteiger partial charge on any atom is -0.494 e. The lowest BCUT2D eigenvalue weighted by Crippen LogP contribution is -2.21. The third-order valence-electron chi connectivity index (χ3n) is 3.88. The summed E-state index contributed by atoms with van der Waals surface area (Å²) in [6, 6.07) is 11.5. The summed E-state index contributed by atoms with van der Waals surface area (Å²) in [5.74, 6) is 0.539. The van der Waals surface area contributed by atoms with Gasteiger partial charge in [0.05, 0.1) is 23.4 Å². The van der Waals surface area contributed by atoms with Crippen LogP contribution < -0.4 is 14.3 Å². The Labute approximate surface area is 165 Å². The molecule has 0 bridgehead atoms. The zero-order valence-electron chi connectivity index (χ0n) is 15.7. The van der Waals surface area contributed by atoms with Crippen molar-refractivity contribution < 1.29 is 23.4 Å². The van der Waals surface area contributed by atoms with Gasteiger partial charge in [-0.2, -0.15) is 4.99 Å². The van der Waals surface area contributed by atoms with Crippen LogP contribution in [0.25, 0.3) is 10.2 Å². The Hall–Kier alpha value is -2.71. The Morgan fingerprint density at radius 3 is 2.54 bits per heavy atom. The van der Waals surface area contributed by atoms with Crippen LogP contribution >= 0.6 is 11.3 Å². The van der Waals surface area contributed by atoms with Gasteiger partial charge in [-0.05, 0) is 49.4 Å². The number of thiazole rings is 1. The van der Waals surface area contributed by atoms with Crippen LogP contribution in [0, 0.1) is 5.82 Å². The number of nitrogens with zero attached hydrogens (tertiary/aromatic N) is 2. The van der Waals surface area contributed by atoms with E-state index in [1.54, 1.807) is 37.4 Å². The van der Waals surface area contributed by atoms with E-state index in [9.17, 15) is 9.18 Å². The number of methoxy groups -OCH3 is 1. The van der Waals surface area contributed by atoms with Gasteiger partial charge in [0, 0.05) is 13.7 Å². The van der Waals surface area contributed by atoms with Crippen LogP contribution in [-0.4, -0.2) is 37.4 Å². The molecule has 1 amide bonds. The molecular formula is C20H21FN2O4S. The second-order valence-corrected chi connectivity index (χ2v) is 6.85. The number of amides is 1. The summed E-state index contributed by atoms with van der Waals surface area (Å²) in [5, 5.41) is 0. The normalized spacial score (nSPS) is 11.8. The zero-order chi connectivity index (χ0) is 19.9. The lowest BCUT2D eigenvalue weighted by Gasteiger charge is -2.06. The molecule has 3 aromatic rings. The molecule has 0 aliphatic heterocycles. The van der Waals surface area contributed by atoms with E-state index in [1.165, 1.54) is 23.5 Å². The molecule has 0 spiro atoms. The second-order valence-electron chi connectivity index (χ2n) is 5.84. The highest BCUT2D eigenvalue weighted by molar-refractivity contribution is 7.16. The molecule has 0 N–H and O–H groups in total. The van der Waals surface area contributed by atoms with E-state index < -0.39 is 5.91 Å². The molecule has 0 saturated heterocycles. The Balaban J connectivity index is 1.77. The maximum atomic E-state index is 13.5. The van der Waals surface area contributed by atoms with Gasteiger partial charge < -0.3 is 18.8 Å². The molecule has 0 unspecified atom stereocenters. The molecule has 8 heteroatoms. The maximum absolute atomic E-state index is 13.5. The number of benzene rings is 2. The minimum absolute atomic E-state index is 0.194. The largest absolute Gasteiger partial charge is 0.494 e. The fraction of sp³-hybridized carbons (Fsp3) is 0.300. The fourth-order valence-corrected chi connectivity index (χ4v) is 3.71. The van der Waals surface area contributed by atoms with Crippen molar-refractivity contribution >= 4 is 27.5 Å². The van der Waals surface area contributed by atoms with Crippen LogP contribution in [0.1, 0.15) is 6.92 Å². The van der Waals surface area contributed by atoms with Crippen molar-refractivity contribution in [2.75, 3.05) is 26.9 Å². The standard InChI is InChI=1S/C20H21FN2O4S/c1-3-26-15-5-7-16(8-6-15)27-13-19(24)22-20-23(10-11-25-2)17-9-4-14(21)12-18(17)28-20/h4-9,12H,3,10-11,13H2,1-2H3. The van der Waals surface area contributed by atoms with Crippen molar-refractivity contribution in [2.24, 2.45) is 4.99 Å². The quantitative estimate of drug-likeness (QED) is 0.577. The van der Waals surface area contributed by atoms with Crippen molar-refractivity contribution in [3.05, 3.63) is 53.1 Å². The molecule has 0 saturated carbocycles. The predicted molar refractivity (Wildman–Crippen MR) is 105 cm³/mol. The fourth-order valence-electron chi connectivity index (χ4n) is 2.61. The first-order chi connectivity index (χ1) is 13.6. The minimum atomic E-state index is -0.424. The molecule has 0 aliphatic rings. The molecule has 148 valence electrons. The van der Waals surface area contributed by atoms with Crippen molar-refractivity contribution in [3.8, 4) is 11.5 Å². The van der Waals surface area contributed by atoms with E-state index in [1.807, 2.05) is 11.5 Å². The van der Waals surface area contributed by atoms with Gasteiger partial charge in [0.2, 0.25) is 0 Å². The number of hydrogen-bond donors (Lipinski definition) is 0. The zero-order valence-corrected chi connectivity index (χ0v) is 16.5. The molecule has 6 nitrogen and oxygen atoms in total. The van der Waals surface area contributed by atoms with Gasteiger partial charge in [-0.3, -0.25) is 4.79 Å². The monoisotopic (exact) mass is 404 g/mol. The van der Waals surface area contributed by atoms with Crippen molar-refractivity contribution in [2.45, 2.75) is 13.5 Å². The Morgan fingerprint density at radius 2 is 1.86 bits per heavy atom. The van der Waals surface area contributed by atoms with Crippen LogP contribution in [0.2, 0.25) is 0 Å². The maximum Gasteiger partial charge on any atom is 0.286 e. The lowest BCUT2D eigenvalue weighted by atomic mass is 10.3. The first-order valence-corrected chi connectivity index (χ1v) is 9.63. The summed E-state index contributed by atoms with van der Waals surface area (Å²) in [5.41, 5.74) is 0.808. The van der Waals surface area contributed by atoms with Gasteiger partial charge in [-0.1, -0.05) is 11.3 Å². The number of fused-ring (bicyclic) bond motifs is 1. The van der Waals surface area contributed by atoms with Gasteiger partial charge in [-0.25, -0.2) is 4.39 Å². The summed E-state index contributed by atoms with van der Waals surface area (Å²) >= 11 is 1.25. The summed E-state index contributed by atoms with van der Waals surface area (Å²) < 4.78 is 32.1. The van der Waals surface area contributed by atoms with E-state index in [4.69, 9.17) is 14.2 Å². The molecule has 0 radical (unpaired) electrons.